The van der Waals surface area contributed by atoms with Gasteiger partial charge in [0.15, 0.2) is 0 Å². The van der Waals surface area contributed by atoms with Crippen LogP contribution in [0.15, 0.2) is 60.7 Å². The molecule has 1 fully saturated rings. The van der Waals surface area contributed by atoms with Gasteiger partial charge in [-0.1, -0.05) is 61.7 Å². The summed E-state index contributed by atoms with van der Waals surface area (Å²) in [6.07, 6.45) is 6.10. The molecule has 1 aliphatic carbocycles. The van der Waals surface area contributed by atoms with Gasteiger partial charge in [0.05, 0.1) is 16.9 Å². The van der Waals surface area contributed by atoms with E-state index < -0.39 is 0 Å². The lowest BCUT2D eigenvalue weighted by Gasteiger charge is -2.23. The molecule has 0 amide bonds. The highest BCUT2D eigenvalue weighted by Crippen LogP contribution is 2.26. The molecular formula is C23H23N5. The topological polar surface area (TPSA) is 73.6 Å². The van der Waals surface area contributed by atoms with Crippen molar-refractivity contribution < 1.29 is 0 Å². The quantitative estimate of drug-likeness (QED) is 0.621. The van der Waals surface area contributed by atoms with Crippen molar-refractivity contribution in [2.45, 2.75) is 38.1 Å². The Kier molecular flexibility index (Phi) is 5.48. The zero-order valence-corrected chi connectivity index (χ0v) is 15.7. The second-order valence-corrected chi connectivity index (χ2v) is 7.09. The van der Waals surface area contributed by atoms with Gasteiger partial charge in [0.1, 0.15) is 11.9 Å². The second-order valence-electron chi connectivity index (χ2n) is 7.09. The number of benzene rings is 2. The summed E-state index contributed by atoms with van der Waals surface area (Å²) in [4.78, 5) is 9.44. The van der Waals surface area contributed by atoms with Gasteiger partial charge in [-0.05, 0) is 25.0 Å². The van der Waals surface area contributed by atoms with Crippen molar-refractivity contribution in [2.24, 2.45) is 0 Å². The summed E-state index contributed by atoms with van der Waals surface area (Å²) in [5, 5.41) is 16.2. The summed E-state index contributed by atoms with van der Waals surface area (Å²) >= 11 is 0. The minimum Gasteiger partial charge on any atom is -0.351 e. The van der Waals surface area contributed by atoms with Gasteiger partial charge in [-0.25, -0.2) is 4.98 Å². The van der Waals surface area contributed by atoms with Gasteiger partial charge in [-0.15, -0.1) is 0 Å². The fraction of sp³-hybridized carbons (Fsp3) is 0.261. The molecule has 5 nitrogen and oxygen atoms in total. The SMILES string of the molecule is N#Cc1ccccc1Nc1cc(-c2ccccc2)nc(NC2CCCCC2)n1. The number of nitrogens with one attached hydrogen (secondary N) is 2. The largest absolute Gasteiger partial charge is 0.351 e. The van der Waals surface area contributed by atoms with Crippen molar-refractivity contribution in [3.8, 4) is 17.3 Å². The summed E-state index contributed by atoms with van der Waals surface area (Å²) < 4.78 is 0. The molecule has 0 bridgehead atoms. The molecular weight excluding hydrogens is 346 g/mol. The van der Waals surface area contributed by atoms with E-state index in [1.54, 1.807) is 6.07 Å². The van der Waals surface area contributed by atoms with Crippen LogP contribution in [0.1, 0.15) is 37.7 Å². The van der Waals surface area contributed by atoms with Crippen molar-refractivity contribution in [3.63, 3.8) is 0 Å². The molecule has 1 aromatic heterocycles. The first-order valence-electron chi connectivity index (χ1n) is 9.79. The fourth-order valence-corrected chi connectivity index (χ4v) is 3.59. The summed E-state index contributed by atoms with van der Waals surface area (Å²) in [6, 6.07) is 22.1. The van der Waals surface area contributed by atoms with E-state index in [1.807, 2.05) is 54.6 Å². The molecule has 0 saturated heterocycles. The van der Waals surface area contributed by atoms with Crippen LogP contribution in [0.2, 0.25) is 0 Å². The highest BCUT2D eigenvalue weighted by atomic mass is 15.2. The third-order valence-corrected chi connectivity index (χ3v) is 5.04. The Labute approximate surface area is 165 Å². The lowest BCUT2D eigenvalue weighted by atomic mass is 9.96. The van der Waals surface area contributed by atoms with E-state index in [4.69, 9.17) is 4.98 Å². The van der Waals surface area contributed by atoms with Crippen molar-refractivity contribution in [2.75, 3.05) is 10.6 Å². The van der Waals surface area contributed by atoms with Crippen LogP contribution < -0.4 is 10.6 Å². The number of anilines is 3. The van der Waals surface area contributed by atoms with E-state index in [0.717, 1.165) is 29.8 Å². The molecule has 3 aromatic rings. The van der Waals surface area contributed by atoms with Crippen LogP contribution >= 0.6 is 0 Å². The van der Waals surface area contributed by atoms with E-state index in [-0.39, 0.29) is 0 Å². The van der Waals surface area contributed by atoms with Crippen LogP contribution in [0, 0.1) is 11.3 Å². The van der Waals surface area contributed by atoms with Crippen LogP contribution in [0.25, 0.3) is 11.3 Å². The third-order valence-electron chi connectivity index (χ3n) is 5.04. The van der Waals surface area contributed by atoms with Gasteiger partial charge in [-0.3, -0.25) is 0 Å². The Morgan fingerprint density at radius 1 is 0.893 bits per heavy atom. The van der Waals surface area contributed by atoms with Gasteiger partial charge < -0.3 is 10.6 Å². The summed E-state index contributed by atoms with van der Waals surface area (Å²) in [7, 11) is 0. The van der Waals surface area contributed by atoms with Gasteiger partial charge in [0, 0.05) is 17.7 Å². The molecule has 0 radical (unpaired) electrons. The maximum Gasteiger partial charge on any atom is 0.225 e. The maximum absolute atomic E-state index is 9.36. The number of nitrogens with zero attached hydrogens (tertiary/aromatic N) is 3. The molecule has 4 rings (SSSR count). The molecule has 1 heterocycles. The van der Waals surface area contributed by atoms with E-state index in [9.17, 15) is 5.26 Å². The van der Waals surface area contributed by atoms with Crippen LogP contribution in [0.4, 0.5) is 17.5 Å². The zero-order valence-electron chi connectivity index (χ0n) is 15.7. The monoisotopic (exact) mass is 369 g/mol. The number of aromatic nitrogens is 2. The van der Waals surface area contributed by atoms with E-state index in [0.29, 0.717) is 23.4 Å². The lowest BCUT2D eigenvalue weighted by molar-refractivity contribution is 0.461. The molecule has 140 valence electrons. The smallest absolute Gasteiger partial charge is 0.225 e. The predicted octanol–water partition coefficient (Wildman–Crippen LogP) is 5.50. The zero-order chi connectivity index (χ0) is 19.2. The second kappa shape index (κ2) is 8.53. The van der Waals surface area contributed by atoms with Gasteiger partial charge >= 0.3 is 0 Å². The molecule has 0 unspecified atom stereocenters. The standard InChI is InChI=1S/C23H23N5/c24-16-18-11-7-8-14-20(18)26-22-15-21(17-9-3-1-4-10-17)27-23(28-22)25-19-12-5-2-6-13-19/h1,3-4,7-11,14-15,19H,2,5-6,12-13H2,(H2,25,26,27,28). The normalized spacial score (nSPS) is 14.2. The molecule has 0 aliphatic heterocycles. The summed E-state index contributed by atoms with van der Waals surface area (Å²) in [5.74, 6) is 1.31. The highest BCUT2D eigenvalue weighted by Gasteiger charge is 2.16. The average Bonchev–Trinajstić information content (AvgIpc) is 2.75. The van der Waals surface area contributed by atoms with Crippen molar-refractivity contribution in [3.05, 3.63) is 66.2 Å². The number of rotatable bonds is 5. The number of nitriles is 1. The minimum atomic E-state index is 0.416. The summed E-state index contributed by atoms with van der Waals surface area (Å²) in [5.41, 5.74) is 3.22. The third kappa shape index (κ3) is 4.29. The van der Waals surface area contributed by atoms with Crippen LogP contribution in [-0.4, -0.2) is 16.0 Å². The Hall–Kier alpha value is -3.39. The molecule has 0 atom stereocenters. The average molecular weight is 369 g/mol. The molecule has 2 N–H and O–H groups in total. The molecule has 2 aromatic carbocycles. The van der Waals surface area contributed by atoms with E-state index in [1.165, 1.54) is 19.3 Å². The molecule has 1 aliphatic rings. The van der Waals surface area contributed by atoms with Crippen molar-refractivity contribution >= 4 is 17.5 Å². The Balaban J connectivity index is 1.68. The van der Waals surface area contributed by atoms with E-state index in [2.05, 4.69) is 21.7 Å². The molecule has 5 heteroatoms. The number of hydrogen-bond acceptors (Lipinski definition) is 5. The predicted molar refractivity (Wildman–Crippen MR) is 112 cm³/mol. The number of hydrogen-bond donors (Lipinski definition) is 2. The van der Waals surface area contributed by atoms with E-state index >= 15 is 0 Å². The Morgan fingerprint density at radius 2 is 1.64 bits per heavy atom. The maximum atomic E-state index is 9.36. The highest BCUT2D eigenvalue weighted by molar-refractivity contribution is 5.70. The molecule has 1 saturated carbocycles. The molecule has 0 spiro atoms. The van der Waals surface area contributed by atoms with Gasteiger partial charge in [0.2, 0.25) is 5.95 Å². The van der Waals surface area contributed by atoms with Gasteiger partial charge in [0.25, 0.3) is 0 Å². The van der Waals surface area contributed by atoms with Crippen molar-refractivity contribution in [1.82, 2.24) is 9.97 Å². The van der Waals surface area contributed by atoms with Gasteiger partial charge in [-0.2, -0.15) is 10.2 Å². The summed E-state index contributed by atoms with van der Waals surface area (Å²) in [6.45, 7) is 0. The van der Waals surface area contributed by atoms with Crippen LogP contribution in [0.3, 0.4) is 0 Å². The fourth-order valence-electron chi connectivity index (χ4n) is 3.59. The Morgan fingerprint density at radius 3 is 2.43 bits per heavy atom. The first kappa shape index (κ1) is 18.0. The van der Waals surface area contributed by atoms with Crippen molar-refractivity contribution in [1.29, 1.82) is 5.26 Å². The minimum absolute atomic E-state index is 0.416. The molecule has 28 heavy (non-hydrogen) atoms. The Bertz CT molecular complexity index is 972. The van der Waals surface area contributed by atoms with Crippen LogP contribution in [-0.2, 0) is 0 Å². The van der Waals surface area contributed by atoms with Crippen LogP contribution in [0.5, 0.6) is 0 Å². The first-order chi connectivity index (χ1) is 13.8. The number of para-hydroxylation sites is 1. The first-order valence-corrected chi connectivity index (χ1v) is 9.79. The lowest BCUT2D eigenvalue weighted by Crippen LogP contribution is -2.23.